The summed E-state index contributed by atoms with van der Waals surface area (Å²) >= 11 is 4.10. The molecular formula is C6H12N2O2S. The molecule has 0 aliphatic carbocycles. The summed E-state index contributed by atoms with van der Waals surface area (Å²) in [5.41, 5.74) is 4.93. The van der Waals surface area contributed by atoms with Crippen LogP contribution in [0.25, 0.3) is 0 Å². The molecule has 4 nitrogen and oxygen atoms in total. The maximum atomic E-state index is 11.6. The van der Waals surface area contributed by atoms with Crippen LogP contribution in [0.15, 0.2) is 0 Å². The molecule has 1 saturated heterocycles. The molecule has 0 aromatic heterocycles. The molecule has 1 rings (SSSR count). The molecule has 0 saturated carbocycles. The van der Waals surface area contributed by atoms with Gasteiger partial charge in [0.1, 0.15) is 5.37 Å². The highest BCUT2D eigenvalue weighted by atomic mass is 32.1. The van der Waals surface area contributed by atoms with E-state index in [9.17, 15) is 10.0 Å². The first-order valence-electron chi connectivity index (χ1n) is 3.59. The van der Waals surface area contributed by atoms with Crippen LogP contribution in [0, 0.1) is 5.21 Å². The smallest absolute Gasteiger partial charge is 0.273 e. The topological polar surface area (TPSA) is 66.2 Å². The van der Waals surface area contributed by atoms with E-state index < -0.39 is 10.6 Å². The van der Waals surface area contributed by atoms with Crippen LogP contribution < -0.4 is 5.73 Å². The molecule has 1 aliphatic heterocycles. The van der Waals surface area contributed by atoms with Gasteiger partial charge in [-0.15, -0.1) is 12.6 Å². The average Bonchev–Trinajstić information content (AvgIpc) is 2.11. The van der Waals surface area contributed by atoms with Gasteiger partial charge >= 0.3 is 0 Å². The summed E-state index contributed by atoms with van der Waals surface area (Å²) in [7, 11) is 0. The van der Waals surface area contributed by atoms with E-state index in [2.05, 4.69) is 12.6 Å². The normalized spacial score (nSPS) is 37.5. The Hall–Kier alpha value is -0.260. The number of thiol groups is 1. The van der Waals surface area contributed by atoms with Gasteiger partial charge in [-0.2, -0.15) is 0 Å². The first kappa shape index (κ1) is 8.83. The third-order valence-corrected chi connectivity index (χ3v) is 2.64. The van der Waals surface area contributed by atoms with Crippen molar-refractivity contribution in [3.05, 3.63) is 5.21 Å². The van der Waals surface area contributed by atoms with Gasteiger partial charge in [-0.3, -0.25) is 4.79 Å². The van der Waals surface area contributed by atoms with Crippen LogP contribution in [0.5, 0.6) is 0 Å². The zero-order valence-corrected chi connectivity index (χ0v) is 7.09. The fraction of sp³-hybridized carbons (Fsp3) is 0.833. The summed E-state index contributed by atoms with van der Waals surface area (Å²) < 4.78 is -0.543. The number of primary amides is 1. The lowest BCUT2D eigenvalue weighted by Crippen LogP contribution is -2.49. The predicted molar refractivity (Wildman–Crippen MR) is 44.6 cm³/mol. The van der Waals surface area contributed by atoms with Gasteiger partial charge in [0.25, 0.3) is 5.91 Å². The van der Waals surface area contributed by atoms with Gasteiger partial charge in [0, 0.05) is 12.8 Å². The van der Waals surface area contributed by atoms with E-state index in [0.717, 1.165) is 12.8 Å². The quantitative estimate of drug-likeness (QED) is 0.349. The Labute approximate surface area is 70.9 Å². The molecule has 0 aromatic rings. The zero-order valence-electron chi connectivity index (χ0n) is 6.19. The summed E-state index contributed by atoms with van der Waals surface area (Å²) in [6, 6.07) is 0. The minimum Gasteiger partial charge on any atom is -0.632 e. The third-order valence-electron chi connectivity index (χ3n) is 1.97. The second-order valence-corrected chi connectivity index (χ2v) is 3.52. The summed E-state index contributed by atoms with van der Waals surface area (Å²) in [5, 5.41) is 11.3. The van der Waals surface area contributed by atoms with Gasteiger partial charge in [-0.1, -0.05) is 0 Å². The van der Waals surface area contributed by atoms with Gasteiger partial charge < -0.3 is 15.6 Å². The highest BCUT2D eigenvalue weighted by Crippen LogP contribution is 2.27. The monoisotopic (exact) mass is 176 g/mol. The molecule has 2 N–H and O–H groups in total. The molecule has 1 amide bonds. The fourth-order valence-corrected chi connectivity index (χ4v) is 1.75. The lowest BCUT2D eigenvalue weighted by Gasteiger charge is -2.40. The number of hydrogen-bond donors (Lipinski definition) is 2. The van der Waals surface area contributed by atoms with Crippen LogP contribution in [0.4, 0.5) is 0 Å². The van der Waals surface area contributed by atoms with E-state index in [0.29, 0.717) is 6.54 Å². The van der Waals surface area contributed by atoms with E-state index in [1.165, 1.54) is 0 Å². The number of nitrogens with two attached hydrogens (primary N) is 1. The lowest BCUT2D eigenvalue weighted by atomic mass is 10.4. The van der Waals surface area contributed by atoms with Gasteiger partial charge in [-0.25, -0.2) is 0 Å². The number of amides is 1. The molecule has 2 atom stereocenters. The molecule has 0 aromatic carbocycles. The number of carbonyl (C=O) groups excluding carboxylic acids is 1. The maximum Gasteiger partial charge on any atom is 0.273 e. The largest absolute Gasteiger partial charge is 0.632 e. The molecular weight excluding hydrogens is 164 g/mol. The Morgan fingerprint density at radius 2 is 2.45 bits per heavy atom. The maximum absolute atomic E-state index is 11.6. The van der Waals surface area contributed by atoms with E-state index in [1.807, 2.05) is 0 Å². The molecule has 0 spiro atoms. The molecule has 5 heteroatoms. The molecule has 1 aliphatic rings. The Kier molecular flexibility index (Phi) is 2.41. The number of hydroxylamine groups is 3. The minimum absolute atomic E-state index is 0.131. The Morgan fingerprint density at radius 1 is 1.82 bits per heavy atom. The summed E-state index contributed by atoms with van der Waals surface area (Å²) in [4.78, 5) is 10.5. The van der Waals surface area contributed by atoms with Crippen LogP contribution in [0.2, 0.25) is 0 Å². The van der Waals surface area contributed by atoms with Crippen molar-refractivity contribution >= 4 is 18.5 Å². The van der Waals surface area contributed by atoms with Crippen molar-refractivity contribution in [3.63, 3.8) is 0 Å². The number of quaternary nitrogens is 1. The highest BCUT2D eigenvalue weighted by molar-refractivity contribution is 7.80. The minimum atomic E-state index is -0.543. The predicted octanol–water partition coefficient (Wildman–Crippen LogP) is -0.164. The third kappa shape index (κ3) is 1.85. The van der Waals surface area contributed by atoms with Crippen molar-refractivity contribution in [2.24, 2.45) is 5.73 Å². The van der Waals surface area contributed by atoms with Gasteiger partial charge in [-0.05, 0) is 0 Å². The van der Waals surface area contributed by atoms with Gasteiger partial charge in [0.2, 0.25) is 0 Å². The molecule has 11 heavy (non-hydrogen) atoms. The van der Waals surface area contributed by atoms with Gasteiger partial charge in [0.15, 0.2) is 6.54 Å². The van der Waals surface area contributed by atoms with Crippen LogP contribution in [-0.4, -0.2) is 29.0 Å². The lowest BCUT2D eigenvalue weighted by molar-refractivity contribution is -0.869. The van der Waals surface area contributed by atoms with E-state index in [1.54, 1.807) is 0 Å². The van der Waals surface area contributed by atoms with Crippen molar-refractivity contribution in [2.45, 2.75) is 18.2 Å². The Bertz CT molecular complexity index is 176. The summed E-state index contributed by atoms with van der Waals surface area (Å²) in [6.07, 6.45) is 1.62. The van der Waals surface area contributed by atoms with E-state index in [-0.39, 0.29) is 11.9 Å². The highest BCUT2D eigenvalue weighted by Gasteiger charge is 2.32. The van der Waals surface area contributed by atoms with Crippen molar-refractivity contribution in [3.8, 4) is 0 Å². The first-order chi connectivity index (χ1) is 5.04. The zero-order chi connectivity index (χ0) is 8.48. The number of rotatable bonds is 2. The standard InChI is InChI=1S/C6H12N2O2S/c7-5(9)4-8(10)3-1-2-6(8)11/h6,11H,1-4H2,(H2,7,9). The number of likely N-dealkylation sites (tertiary alicyclic amines) is 1. The Balaban J connectivity index is 2.58. The molecule has 0 bridgehead atoms. The molecule has 1 fully saturated rings. The second-order valence-electron chi connectivity index (χ2n) is 2.92. The first-order valence-corrected chi connectivity index (χ1v) is 4.10. The van der Waals surface area contributed by atoms with Crippen molar-refractivity contribution < 1.29 is 9.44 Å². The second kappa shape index (κ2) is 3.00. The van der Waals surface area contributed by atoms with E-state index in [4.69, 9.17) is 5.73 Å². The number of carbonyl (C=O) groups is 1. The van der Waals surface area contributed by atoms with Crippen LogP contribution in [0.3, 0.4) is 0 Å². The average molecular weight is 176 g/mol. The van der Waals surface area contributed by atoms with Crippen molar-refractivity contribution in [1.82, 2.24) is 0 Å². The van der Waals surface area contributed by atoms with Crippen molar-refractivity contribution in [2.75, 3.05) is 13.1 Å². The Morgan fingerprint density at radius 3 is 2.82 bits per heavy atom. The summed E-state index contributed by atoms with van der Waals surface area (Å²) in [5.74, 6) is -0.541. The van der Waals surface area contributed by atoms with Gasteiger partial charge in [0.05, 0.1) is 6.54 Å². The molecule has 1 heterocycles. The van der Waals surface area contributed by atoms with Crippen LogP contribution in [-0.2, 0) is 4.79 Å². The van der Waals surface area contributed by atoms with Crippen LogP contribution in [0.1, 0.15) is 12.8 Å². The van der Waals surface area contributed by atoms with E-state index >= 15 is 0 Å². The molecule has 64 valence electrons. The molecule has 0 radical (unpaired) electrons. The number of hydrogen-bond acceptors (Lipinski definition) is 3. The van der Waals surface area contributed by atoms with Crippen molar-refractivity contribution in [1.29, 1.82) is 0 Å². The number of nitrogens with zero attached hydrogens (tertiary/aromatic N) is 1. The molecule has 2 unspecified atom stereocenters. The fourth-order valence-electron chi connectivity index (χ4n) is 1.37. The SMILES string of the molecule is NC(=O)C[N+]1([O-])CCCC1S. The van der Waals surface area contributed by atoms with Crippen LogP contribution >= 0.6 is 12.6 Å². The summed E-state index contributed by atoms with van der Waals surface area (Å²) in [6.45, 7) is 0.339.